The first kappa shape index (κ1) is 14.4. The highest BCUT2D eigenvalue weighted by Gasteiger charge is 2.37. The molecule has 0 aromatic heterocycles. The molecule has 8 heteroatoms. The van der Waals surface area contributed by atoms with Crippen LogP contribution in [0, 0.1) is 16.0 Å². The van der Waals surface area contributed by atoms with Gasteiger partial charge in [-0.25, -0.2) is 8.42 Å². The second-order valence-electron chi connectivity index (χ2n) is 5.51. The third-order valence-electron chi connectivity index (χ3n) is 4.30. The molecular weight excluding hydrogens is 294 g/mol. The van der Waals surface area contributed by atoms with Gasteiger partial charge in [0.1, 0.15) is 0 Å². The van der Waals surface area contributed by atoms with Crippen molar-refractivity contribution in [3.8, 4) is 0 Å². The highest BCUT2D eigenvalue weighted by atomic mass is 32.2. The summed E-state index contributed by atoms with van der Waals surface area (Å²) < 4.78 is 26.7. The van der Waals surface area contributed by atoms with Crippen LogP contribution in [0.3, 0.4) is 0 Å². The molecule has 2 fully saturated rings. The summed E-state index contributed by atoms with van der Waals surface area (Å²) in [6.07, 6.45) is 1.81. The van der Waals surface area contributed by atoms with Gasteiger partial charge in [-0.15, -0.1) is 0 Å². The van der Waals surface area contributed by atoms with E-state index >= 15 is 0 Å². The molecule has 0 saturated carbocycles. The molecule has 1 aromatic carbocycles. The molecule has 2 atom stereocenters. The Labute approximate surface area is 123 Å². The highest BCUT2D eigenvalue weighted by molar-refractivity contribution is 7.89. The third kappa shape index (κ3) is 2.66. The number of sulfonamides is 1. The Balaban J connectivity index is 1.81. The Kier molecular flexibility index (Phi) is 3.68. The lowest BCUT2D eigenvalue weighted by molar-refractivity contribution is -0.384. The number of nitro benzene ring substituents is 1. The molecule has 3 rings (SSSR count). The summed E-state index contributed by atoms with van der Waals surface area (Å²) in [5.74, 6) is 0.367. The van der Waals surface area contributed by atoms with E-state index in [9.17, 15) is 18.5 Å². The lowest BCUT2D eigenvalue weighted by atomic mass is 9.95. The van der Waals surface area contributed by atoms with E-state index in [4.69, 9.17) is 0 Å². The van der Waals surface area contributed by atoms with Gasteiger partial charge in [0.25, 0.3) is 5.69 Å². The Morgan fingerprint density at radius 2 is 1.95 bits per heavy atom. The molecule has 2 heterocycles. The van der Waals surface area contributed by atoms with Gasteiger partial charge in [0.2, 0.25) is 10.0 Å². The second kappa shape index (κ2) is 5.36. The number of hydrogen-bond donors (Lipinski definition) is 1. The topological polar surface area (TPSA) is 92.5 Å². The summed E-state index contributed by atoms with van der Waals surface area (Å²) in [6.45, 7) is 1.96. The predicted octanol–water partition coefficient (Wildman–Crippen LogP) is 0.967. The van der Waals surface area contributed by atoms with Crippen molar-refractivity contribution in [3.05, 3.63) is 34.4 Å². The number of piperidine rings is 1. The number of non-ortho nitro benzene ring substituents is 1. The number of fused-ring (bicyclic) bond motifs is 1. The molecule has 21 heavy (non-hydrogen) atoms. The largest absolute Gasteiger partial charge is 0.314 e. The highest BCUT2D eigenvalue weighted by Crippen LogP contribution is 2.29. The quantitative estimate of drug-likeness (QED) is 0.663. The number of nitrogens with one attached hydrogen (secondary N) is 1. The van der Waals surface area contributed by atoms with E-state index in [1.807, 2.05) is 0 Å². The molecule has 0 radical (unpaired) electrons. The molecule has 0 spiro atoms. The van der Waals surface area contributed by atoms with Gasteiger partial charge in [-0.1, -0.05) is 0 Å². The smallest absolute Gasteiger partial charge is 0.269 e. The molecule has 1 aromatic rings. The molecule has 0 amide bonds. The van der Waals surface area contributed by atoms with Crippen molar-refractivity contribution in [2.45, 2.75) is 23.8 Å². The van der Waals surface area contributed by atoms with Gasteiger partial charge in [0, 0.05) is 31.3 Å². The molecule has 2 saturated heterocycles. The van der Waals surface area contributed by atoms with Gasteiger partial charge in [-0.05, 0) is 37.4 Å². The fraction of sp³-hybridized carbons (Fsp3) is 0.538. The summed E-state index contributed by atoms with van der Waals surface area (Å²) in [4.78, 5) is 10.2. The second-order valence-corrected chi connectivity index (χ2v) is 7.45. The van der Waals surface area contributed by atoms with Crippen molar-refractivity contribution in [3.63, 3.8) is 0 Å². The van der Waals surface area contributed by atoms with Crippen LogP contribution >= 0.6 is 0 Å². The van der Waals surface area contributed by atoms with Crippen molar-refractivity contribution >= 4 is 15.7 Å². The van der Waals surface area contributed by atoms with Crippen molar-refractivity contribution in [1.82, 2.24) is 9.62 Å². The summed E-state index contributed by atoms with van der Waals surface area (Å²) in [7, 11) is -3.56. The normalized spacial score (nSPS) is 26.5. The number of benzene rings is 1. The molecule has 0 bridgehead atoms. The molecule has 2 aliphatic heterocycles. The molecule has 0 aliphatic carbocycles. The van der Waals surface area contributed by atoms with Crippen molar-refractivity contribution < 1.29 is 13.3 Å². The van der Waals surface area contributed by atoms with Gasteiger partial charge >= 0.3 is 0 Å². The van der Waals surface area contributed by atoms with E-state index in [2.05, 4.69) is 5.32 Å². The Hall–Kier alpha value is -1.51. The van der Waals surface area contributed by atoms with Crippen LogP contribution in [0.1, 0.15) is 12.8 Å². The zero-order valence-corrected chi connectivity index (χ0v) is 12.3. The van der Waals surface area contributed by atoms with Crippen LogP contribution in [0.2, 0.25) is 0 Å². The van der Waals surface area contributed by atoms with Gasteiger partial charge in [0.05, 0.1) is 9.82 Å². The zero-order valence-electron chi connectivity index (χ0n) is 11.4. The minimum atomic E-state index is -3.56. The van der Waals surface area contributed by atoms with Crippen molar-refractivity contribution in [2.24, 2.45) is 5.92 Å². The monoisotopic (exact) mass is 311 g/mol. The van der Waals surface area contributed by atoms with E-state index in [-0.39, 0.29) is 10.6 Å². The number of nitrogens with zero attached hydrogens (tertiary/aromatic N) is 2. The van der Waals surface area contributed by atoms with Crippen LogP contribution in [-0.4, -0.2) is 43.3 Å². The summed E-state index contributed by atoms with van der Waals surface area (Å²) in [6, 6.07) is 5.51. The standard InChI is InChI=1S/C13H17N3O4S/c17-16(18)11-1-3-12(4-2-11)21(19,20)15-8-6-13-10(9-15)5-7-14-13/h1-4,10,13-14H,5-9H2. The minimum Gasteiger partial charge on any atom is -0.314 e. The van der Waals surface area contributed by atoms with Crippen LogP contribution in [0.4, 0.5) is 5.69 Å². The van der Waals surface area contributed by atoms with E-state index in [0.29, 0.717) is 25.0 Å². The zero-order chi connectivity index (χ0) is 15.0. The average Bonchev–Trinajstić information content (AvgIpc) is 2.94. The number of nitro groups is 1. The van der Waals surface area contributed by atoms with Gasteiger partial charge < -0.3 is 5.32 Å². The fourth-order valence-electron chi connectivity index (χ4n) is 3.12. The fourth-order valence-corrected chi connectivity index (χ4v) is 4.63. The first-order chi connectivity index (χ1) is 9.98. The first-order valence-electron chi connectivity index (χ1n) is 6.96. The molecule has 2 unspecified atom stereocenters. The maximum absolute atomic E-state index is 12.6. The first-order valence-corrected chi connectivity index (χ1v) is 8.40. The molecule has 1 N–H and O–H groups in total. The molecule has 2 aliphatic rings. The maximum atomic E-state index is 12.6. The SMILES string of the molecule is O=[N+]([O-])c1ccc(S(=O)(=O)N2CCC3NCCC3C2)cc1. The third-order valence-corrected chi connectivity index (χ3v) is 6.18. The van der Waals surface area contributed by atoms with E-state index < -0.39 is 14.9 Å². The van der Waals surface area contributed by atoms with Gasteiger partial charge in [0.15, 0.2) is 0 Å². The summed E-state index contributed by atoms with van der Waals surface area (Å²) in [5, 5.41) is 14.0. The number of hydrogen-bond acceptors (Lipinski definition) is 5. The maximum Gasteiger partial charge on any atom is 0.269 e. The summed E-state index contributed by atoms with van der Waals surface area (Å²) in [5.41, 5.74) is -0.104. The van der Waals surface area contributed by atoms with Crippen molar-refractivity contribution in [2.75, 3.05) is 19.6 Å². The lowest BCUT2D eigenvalue weighted by Crippen LogP contribution is -2.46. The number of rotatable bonds is 3. The minimum absolute atomic E-state index is 0.104. The van der Waals surface area contributed by atoms with E-state index in [1.54, 1.807) is 0 Å². The summed E-state index contributed by atoms with van der Waals surface area (Å²) >= 11 is 0. The van der Waals surface area contributed by atoms with Crippen LogP contribution in [0.15, 0.2) is 29.2 Å². The van der Waals surface area contributed by atoms with Gasteiger partial charge in [-0.2, -0.15) is 4.31 Å². The predicted molar refractivity (Wildman–Crippen MR) is 76.4 cm³/mol. The molecular formula is C13H17N3O4S. The van der Waals surface area contributed by atoms with Crippen LogP contribution < -0.4 is 5.32 Å². The van der Waals surface area contributed by atoms with Crippen LogP contribution in [-0.2, 0) is 10.0 Å². The lowest BCUT2D eigenvalue weighted by Gasteiger charge is -2.33. The van der Waals surface area contributed by atoms with Gasteiger partial charge in [-0.3, -0.25) is 10.1 Å². The van der Waals surface area contributed by atoms with Crippen molar-refractivity contribution in [1.29, 1.82) is 0 Å². The average molecular weight is 311 g/mol. The Morgan fingerprint density at radius 1 is 1.24 bits per heavy atom. The Morgan fingerprint density at radius 3 is 2.62 bits per heavy atom. The molecule has 114 valence electrons. The molecule has 7 nitrogen and oxygen atoms in total. The van der Waals surface area contributed by atoms with Crippen LogP contribution in [0.5, 0.6) is 0 Å². The Bertz CT molecular complexity index is 644. The van der Waals surface area contributed by atoms with E-state index in [0.717, 1.165) is 19.4 Å². The van der Waals surface area contributed by atoms with E-state index in [1.165, 1.54) is 28.6 Å². The van der Waals surface area contributed by atoms with Crippen LogP contribution in [0.25, 0.3) is 0 Å².